The quantitative estimate of drug-likeness (QED) is 0.291. The Bertz CT molecular complexity index is 1550. The van der Waals surface area contributed by atoms with Gasteiger partial charge in [0, 0.05) is 51.1 Å². The average Bonchev–Trinajstić information content (AvgIpc) is 3.36. The van der Waals surface area contributed by atoms with Crippen LogP contribution >= 0.6 is 0 Å². The van der Waals surface area contributed by atoms with E-state index in [0.29, 0.717) is 6.54 Å². The molecule has 9 heteroatoms. The maximum atomic E-state index is 12.7. The van der Waals surface area contributed by atoms with E-state index in [1.807, 2.05) is 77.4 Å². The number of carbonyl (C=O) groups excluding carboxylic acids is 1. The number of benzene rings is 3. The van der Waals surface area contributed by atoms with E-state index < -0.39 is 6.29 Å². The predicted octanol–water partition coefficient (Wildman–Crippen LogP) is 4.34. The highest BCUT2D eigenvalue weighted by Gasteiger charge is 2.34. The number of piperidine rings is 1. The summed E-state index contributed by atoms with van der Waals surface area (Å²) in [6.45, 7) is 4.54. The fourth-order valence-corrected chi connectivity index (χ4v) is 6.14. The molecule has 3 atom stereocenters. The van der Waals surface area contributed by atoms with Gasteiger partial charge in [-0.3, -0.25) is 9.36 Å². The Morgan fingerprint density at radius 1 is 0.952 bits per heavy atom. The van der Waals surface area contributed by atoms with Crippen LogP contribution < -0.4 is 11.0 Å². The van der Waals surface area contributed by atoms with Crippen molar-refractivity contribution in [3.05, 3.63) is 106 Å². The summed E-state index contributed by atoms with van der Waals surface area (Å²) in [5.41, 5.74) is 5.68. The largest absolute Gasteiger partial charge is 0.392 e. The number of likely N-dealkylation sites (tertiary alicyclic amines) is 1. The van der Waals surface area contributed by atoms with Crippen molar-refractivity contribution in [2.24, 2.45) is 0 Å². The smallest absolute Gasteiger partial charge is 0.326 e. The zero-order valence-electron chi connectivity index (χ0n) is 23.9. The van der Waals surface area contributed by atoms with Crippen molar-refractivity contribution >= 4 is 16.9 Å². The monoisotopic (exact) mass is 570 g/mol. The number of hydrogen-bond acceptors (Lipinski definition) is 6. The van der Waals surface area contributed by atoms with Crippen molar-refractivity contribution in [2.45, 2.75) is 63.9 Å². The highest BCUT2D eigenvalue weighted by molar-refractivity contribution is 5.75. The van der Waals surface area contributed by atoms with Crippen LogP contribution in [0, 0.1) is 0 Å². The van der Waals surface area contributed by atoms with Gasteiger partial charge in [-0.15, -0.1) is 0 Å². The molecular formula is C33H38N4O5. The average molecular weight is 571 g/mol. The van der Waals surface area contributed by atoms with Gasteiger partial charge in [-0.1, -0.05) is 60.7 Å². The number of aromatic amines is 1. The first-order valence-corrected chi connectivity index (χ1v) is 14.7. The second kappa shape index (κ2) is 12.6. The summed E-state index contributed by atoms with van der Waals surface area (Å²) >= 11 is 0. The van der Waals surface area contributed by atoms with Gasteiger partial charge in [0.05, 0.1) is 29.8 Å². The standard InChI is InChI=1S/C33H38N4O5/c1-22(39)34-19-23-6-12-26(13-7-23)32-41-28(18-31(42-32)25-10-8-24(21-38)9-11-25)20-36-16-14-27(15-17-36)37-30-5-3-2-4-29(30)35-33(37)40/h2-13,27-28,31-32,38H,14-21H2,1H3,(H,34,39)(H,35,40)/t28-,31+,32+/m1/s1. The topological polar surface area (TPSA) is 109 Å². The summed E-state index contributed by atoms with van der Waals surface area (Å²) in [4.78, 5) is 29.5. The number of aromatic nitrogens is 2. The number of aliphatic hydroxyl groups excluding tert-OH is 1. The summed E-state index contributed by atoms with van der Waals surface area (Å²) in [5, 5.41) is 12.3. The Kier molecular flexibility index (Phi) is 8.53. The van der Waals surface area contributed by atoms with Gasteiger partial charge in [-0.05, 0) is 41.7 Å². The molecule has 1 amide bonds. The zero-order chi connectivity index (χ0) is 29.1. The third-order valence-corrected chi connectivity index (χ3v) is 8.42. The molecule has 0 aliphatic carbocycles. The Morgan fingerprint density at radius 3 is 2.36 bits per heavy atom. The van der Waals surface area contributed by atoms with E-state index in [4.69, 9.17) is 9.47 Å². The molecule has 0 spiro atoms. The van der Waals surface area contributed by atoms with Crippen molar-refractivity contribution in [3.63, 3.8) is 0 Å². The van der Waals surface area contributed by atoms with Gasteiger partial charge in [0.2, 0.25) is 5.91 Å². The SMILES string of the molecule is CC(=O)NCc1ccc([C@H]2O[C@@H](CN3CCC(n4c(=O)[nH]c5ccccc54)CC3)C[C@@H](c3ccc(CO)cc3)O2)cc1. The van der Waals surface area contributed by atoms with E-state index in [1.165, 1.54) is 6.92 Å². The van der Waals surface area contributed by atoms with Crippen LogP contribution in [0.2, 0.25) is 0 Å². The van der Waals surface area contributed by atoms with Gasteiger partial charge in [-0.25, -0.2) is 4.79 Å². The molecule has 42 heavy (non-hydrogen) atoms. The third-order valence-electron chi connectivity index (χ3n) is 8.42. The zero-order valence-corrected chi connectivity index (χ0v) is 23.9. The maximum absolute atomic E-state index is 12.7. The fourth-order valence-electron chi connectivity index (χ4n) is 6.14. The second-order valence-corrected chi connectivity index (χ2v) is 11.4. The van der Waals surface area contributed by atoms with Crippen LogP contribution in [0.5, 0.6) is 0 Å². The molecule has 0 radical (unpaired) electrons. The molecule has 3 aromatic carbocycles. The summed E-state index contributed by atoms with van der Waals surface area (Å²) in [5.74, 6) is -0.0616. The molecular weight excluding hydrogens is 532 g/mol. The molecule has 6 rings (SSSR count). The minimum absolute atomic E-state index is 0.00558. The third kappa shape index (κ3) is 6.34. The van der Waals surface area contributed by atoms with E-state index >= 15 is 0 Å². The lowest BCUT2D eigenvalue weighted by Gasteiger charge is -2.40. The van der Waals surface area contributed by atoms with Crippen molar-refractivity contribution in [2.75, 3.05) is 19.6 Å². The molecule has 9 nitrogen and oxygen atoms in total. The van der Waals surface area contributed by atoms with Crippen LogP contribution in [0.4, 0.5) is 0 Å². The predicted molar refractivity (Wildman–Crippen MR) is 160 cm³/mol. The highest BCUT2D eigenvalue weighted by atomic mass is 16.7. The molecule has 3 heterocycles. The molecule has 0 bridgehead atoms. The molecule has 2 fully saturated rings. The van der Waals surface area contributed by atoms with E-state index in [2.05, 4.69) is 15.2 Å². The Balaban J connectivity index is 1.15. The van der Waals surface area contributed by atoms with Crippen molar-refractivity contribution < 1.29 is 19.4 Å². The first-order chi connectivity index (χ1) is 20.5. The second-order valence-electron chi connectivity index (χ2n) is 11.4. The first-order valence-electron chi connectivity index (χ1n) is 14.7. The van der Waals surface area contributed by atoms with E-state index in [1.54, 1.807) is 0 Å². The summed E-state index contributed by atoms with van der Waals surface area (Å²) in [6, 6.07) is 24.0. The van der Waals surface area contributed by atoms with Crippen LogP contribution in [0.25, 0.3) is 11.0 Å². The number of imidazole rings is 1. The molecule has 1 aromatic heterocycles. The van der Waals surface area contributed by atoms with Crippen molar-refractivity contribution in [3.8, 4) is 0 Å². The maximum Gasteiger partial charge on any atom is 0.326 e. The van der Waals surface area contributed by atoms with Gasteiger partial charge in [0.25, 0.3) is 0 Å². The molecule has 2 aliphatic rings. The molecule has 3 N–H and O–H groups in total. The van der Waals surface area contributed by atoms with Gasteiger partial charge in [-0.2, -0.15) is 0 Å². The summed E-state index contributed by atoms with van der Waals surface area (Å²) in [6.07, 6.45) is 1.80. The number of nitrogens with one attached hydrogen (secondary N) is 2. The van der Waals surface area contributed by atoms with Crippen LogP contribution in [0.1, 0.15) is 66.9 Å². The highest BCUT2D eigenvalue weighted by Crippen LogP contribution is 2.38. The Hall–Kier alpha value is -3.76. The van der Waals surface area contributed by atoms with E-state index in [-0.39, 0.29) is 36.5 Å². The summed E-state index contributed by atoms with van der Waals surface area (Å²) in [7, 11) is 0. The van der Waals surface area contributed by atoms with Gasteiger partial charge < -0.3 is 29.8 Å². The van der Waals surface area contributed by atoms with Crippen LogP contribution in [0.3, 0.4) is 0 Å². The summed E-state index contributed by atoms with van der Waals surface area (Å²) < 4.78 is 15.0. The number of aliphatic hydroxyl groups is 1. The fraction of sp³-hybridized carbons (Fsp3) is 0.394. The number of nitrogens with zero attached hydrogens (tertiary/aromatic N) is 2. The number of fused-ring (bicyclic) bond motifs is 1. The lowest BCUT2D eigenvalue weighted by molar-refractivity contribution is -0.253. The van der Waals surface area contributed by atoms with Crippen molar-refractivity contribution in [1.29, 1.82) is 0 Å². The Labute approximate surface area is 245 Å². The first kappa shape index (κ1) is 28.4. The van der Waals surface area contributed by atoms with Crippen LogP contribution in [-0.2, 0) is 27.4 Å². The van der Waals surface area contributed by atoms with Crippen LogP contribution in [0.15, 0.2) is 77.6 Å². The number of para-hydroxylation sites is 2. The molecule has 0 unspecified atom stereocenters. The normalized spacial score (nSPS) is 21.9. The van der Waals surface area contributed by atoms with Crippen LogP contribution in [-0.4, -0.2) is 51.2 Å². The van der Waals surface area contributed by atoms with E-state index in [9.17, 15) is 14.7 Å². The Morgan fingerprint density at radius 2 is 1.64 bits per heavy atom. The molecule has 4 aromatic rings. The number of H-pyrrole nitrogens is 1. The van der Waals surface area contributed by atoms with Gasteiger partial charge in [0.1, 0.15) is 0 Å². The lowest BCUT2D eigenvalue weighted by Crippen LogP contribution is -2.43. The van der Waals surface area contributed by atoms with E-state index in [0.717, 1.165) is 72.2 Å². The number of carbonyl (C=O) groups is 1. The molecule has 2 aliphatic heterocycles. The number of rotatable bonds is 8. The number of hydrogen-bond donors (Lipinski definition) is 3. The van der Waals surface area contributed by atoms with Crippen molar-refractivity contribution in [1.82, 2.24) is 19.8 Å². The molecule has 2 saturated heterocycles. The number of ether oxygens (including phenoxy) is 2. The van der Waals surface area contributed by atoms with Gasteiger partial charge in [0.15, 0.2) is 6.29 Å². The molecule has 220 valence electrons. The minimum Gasteiger partial charge on any atom is -0.392 e. The minimum atomic E-state index is -0.525. The number of amides is 1. The van der Waals surface area contributed by atoms with Gasteiger partial charge >= 0.3 is 5.69 Å². The molecule has 0 saturated carbocycles. The lowest BCUT2D eigenvalue weighted by atomic mass is 9.98.